The molecule has 0 amide bonds. The molecule has 1 aromatic carbocycles. The topological polar surface area (TPSA) is 41.5 Å². The molecule has 0 fully saturated rings. The van der Waals surface area contributed by atoms with Crippen molar-refractivity contribution in [3.05, 3.63) is 23.8 Å². The zero-order valence-electron chi connectivity index (χ0n) is 7.70. The third kappa shape index (κ3) is 3.13. The van der Waals surface area contributed by atoms with Crippen LogP contribution in [0.5, 0.6) is 11.5 Å². The summed E-state index contributed by atoms with van der Waals surface area (Å²) in [6, 6.07) is 5.30. The zero-order chi connectivity index (χ0) is 8.97. The van der Waals surface area contributed by atoms with Crippen molar-refractivity contribution in [2.24, 2.45) is 0 Å². The first kappa shape index (κ1) is 12.1. The molecule has 0 aliphatic rings. The molecule has 0 atom stereocenters. The van der Waals surface area contributed by atoms with Crippen LogP contribution < -0.4 is 10.1 Å². The minimum absolute atomic E-state index is 0. The Morgan fingerprint density at radius 1 is 1.46 bits per heavy atom. The third-order valence-electron chi connectivity index (χ3n) is 1.63. The first-order valence-electron chi connectivity index (χ1n) is 3.78. The second kappa shape index (κ2) is 5.67. The number of hydrogen-bond donors (Lipinski definition) is 2. The lowest BCUT2D eigenvalue weighted by Crippen LogP contribution is -2.04. The fourth-order valence-electron chi connectivity index (χ4n) is 1.04. The summed E-state index contributed by atoms with van der Waals surface area (Å²) in [7, 11) is 3.41. The minimum Gasteiger partial charge on any atom is -0.504 e. The first-order chi connectivity index (χ1) is 5.77. The highest BCUT2D eigenvalue weighted by Crippen LogP contribution is 2.25. The van der Waals surface area contributed by atoms with Crippen LogP contribution >= 0.6 is 12.4 Å². The highest BCUT2D eigenvalue weighted by molar-refractivity contribution is 5.85. The van der Waals surface area contributed by atoms with Crippen LogP contribution in [-0.4, -0.2) is 19.3 Å². The second-order valence-corrected chi connectivity index (χ2v) is 2.54. The number of phenolic OH excluding ortho intramolecular Hbond substituents is 1. The van der Waals surface area contributed by atoms with Gasteiger partial charge < -0.3 is 15.2 Å². The molecule has 74 valence electrons. The molecule has 1 rings (SSSR count). The van der Waals surface area contributed by atoms with Crippen LogP contribution in [-0.2, 0) is 6.54 Å². The summed E-state index contributed by atoms with van der Waals surface area (Å²) in [6.07, 6.45) is 0. The minimum atomic E-state index is 0. The lowest BCUT2D eigenvalue weighted by molar-refractivity contribution is 0.373. The van der Waals surface area contributed by atoms with Gasteiger partial charge in [0.25, 0.3) is 0 Å². The maximum Gasteiger partial charge on any atom is 0.160 e. The summed E-state index contributed by atoms with van der Waals surface area (Å²) in [6.45, 7) is 0.774. The van der Waals surface area contributed by atoms with Crippen molar-refractivity contribution >= 4 is 12.4 Å². The first-order valence-corrected chi connectivity index (χ1v) is 3.78. The van der Waals surface area contributed by atoms with Gasteiger partial charge in [-0.05, 0) is 24.7 Å². The van der Waals surface area contributed by atoms with E-state index in [1.807, 2.05) is 19.2 Å². The van der Waals surface area contributed by atoms with E-state index in [9.17, 15) is 5.11 Å². The van der Waals surface area contributed by atoms with Crippen LogP contribution in [0.1, 0.15) is 5.56 Å². The van der Waals surface area contributed by atoms with E-state index in [4.69, 9.17) is 4.74 Å². The highest BCUT2D eigenvalue weighted by atomic mass is 35.5. The Balaban J connectivity index is 0.00000144. The molecule has 1 aromatic rings. The van der Waals surface area contributed by atoms with Gasteiger partial charge in [0.05, 0.1) is 7.11 Å². The van der Waals surface area contributed by atoms with Crippen molar-refractivity contribution < 1.29 is 9.84 Å². The van der Waals surface area contributed by atoms with Crippen LogP contribution in [0.25, 0.3) is 0 Å². The largest absolute Gasteiger partial charge is 0.504 e. The predicted molar refractivity (Wildman–Crippen MR) is 54.7 cm³/mol. The smallest absolute Gasteiger partial charge is 0.160 e. The number of aromatic hydroxyl groups is 1. The van der Waals surface area contributed by atoms with Gasteiger partial charge >= 0.3 is 0 Å². The monoisotopic (exact) mass is 203 g/mol. The van der Waals surface area contributed by atoms with E-state index in [2.05, 4.69) is 5.32 Å². The number of nitrogens with one attached hydrogen (secondary N) is 1. The van der Waals surface area contributed by atoms with Crippen LogP contribution in [0.4, 0.5) is 0 Å². The molecular formula is C9H14ClNO2. The summed E-state index contributed by atoms with van der Waals surface area (Å²) in [5.74, 6) is 0.695. The SMILES string of the molecule is CNCc1ccc(O)c(OC)c1.Cl. The Kier molecular flexibility index (Phi) is 5.26. The van der Waals surface area contributed by atoms with Gasteiger partial charge in [-0.1, -0.05) is 6.07 Å². The summed E-state index contributed by atoms with van der Waals surface area (Å²) in [5, 5.41) is 12.3. The Hall–Kier alpha value is -0.930. The fourth-order valence-corrected chi connectivity index (χ4v) is 1.04. The maximum atomic E-state index is 9.26. The van der Waals surface area contributed by atoms with Gasteiger partial charge in [-0.3, -0.25) is 0 Å². The Bertz CT molecular complexity index is 266. The number of halogens is 1. The number of rotatable bonds is 3. The molecule has 0 unspecified atom stereocenters. The average molecular weight is 204 g/mol. The van der Waals surface area contributed by atoms with E-state index in [1.165, 1.54) is 7.11 Å². The average Bonchev–Trinajstić information content (AvgIpc) is 2.09. The predicted octanol–water partition coefficient (Wildman–Crippen LogP) is 1.54. The van der Waals surface area contributed by atoms with Gasteiger partial charge in [0.2, 0.25) is 0 Å². The number of hydrogen-bond acceptors (Lipinski definition) is 3. The molecule has 13 heavy (non-hydrogen) atoms. The molecule has 0 radical (unpaired) electrons. The Morgan fingerprint density at radius 2 is 2.15 bits per heavy atom. The summed E-state index contributed by atoms with van der Waals surface area (Å²) in [4.78, 5) is 0. The van der Waals surface area contributed by atoms with Crippen molar-refractivity contribution in [3.8, 4) is 11.5 Å². The van der Waals surface area contributed by atoms with Crippen LogP contribution in [0.2, 0.25) is 0 Å². The number of phenols is 1. The highest BCUT2D eigenvalue weighted by Gasteiger charge is 2.00. The zero-order valence-corrected chi connectivity index (χ0v) is 8.52. The quantitative estimate of drug-likeness (QED) is 0.783. The standard InChI is InChI=1S/C9H13NO2.ClH/c1-10-6-7-3-4-8(11)9(5-7)12-2;/h3-5,10-11H,6H2,1-2H3;1H. The maximum absolute atomic E-state index is 9.26. The number of benzene rings is 1. The van der Waals surface area contributed by atoms with Gasteiger partial charge in [-0.25, -0.2) is 0 Å². The van der Waals surface area contributed by atoms with Crippen LogP contribution in [0, 0.1) is 0 Å². The molecule has 0 aliphatic carbocycles. The van der Waals surface area contributed by atoms with Crippen molar-refractivity contribution in [3.63, 3.8) is 0 Å². The third-order valence-corrected chi connectivity index (χ3v) is 1.63. The molecule has 0 bridgehead atoms. The van der Waals surface area contributed by atoms with Gasteiger partial charge in [0, 0.05) is 6.54 Å². The molecule has 4 heteroatoms. The van der Waals surface area contributed by atoms with E-state index in [0.29, 0.717) is 5.75 Å². The van der Waals surface area contributed by atoms with Gasteiger partial charge in [-0.15, -0.1) is 12.4 Å². The summed E-state index contributed by atoms with van der Waals surface area (Å²) >= 11 is 0. The van der Waals surface area contributed by atoms with E-state index in [1.54, 1.807) is 6.07 Å². The van der Waals surface area contributed by atoms with E-state index < -0.39 is 0 Å². The Morgan fingerprint density at radius 3 is 2.69 bits per heavy atom. The number of ether oxygens (including phenoxy) is 1. The van der Waals surface area contributed by atoms with Crippen molar-refractivity contribution in [1.82, 2.24) is 5.32 Å². The van der Waals surface area contributed by atoms with Crippen LogP contribution in [0.3, 0.4) is 0 Å². The van der Waals surface area contributed by atoms with Gasteiger partial charge in [0.1, 0.15) is 0 Å². The summed E-state index contributed by atoms with van der Waals surface area (Å²) in [5.41, 5.74) is 1.09. The molecule has 0 saturated carbocycles. The molecule has 0 spiro atoms. The molecule has 0 aliphatic heterocycles. The van der Waals surface area contributed by atoms with Crippen molar-refractivity contribution in [2.75, 3.05) is 14.2 Å². The molecule has 3 nitrogen and oxygen atoms in total. The second-order valence-electron chi connectivity index (χ2n) is 2.54. The van der Waals surface area contributed by atoms with Crippen LogP contribution in [0.15, 0.2) is 18.2 Å². The van der Waals surface area contributed by atoms with Gasteiger partial charge in [-0.2, -0.15) is 0 Å². The summed E-state index contributed by atoms with van der Waals surface area (Å²) < 4.78 is 4.95. The molecule has 0 aromatic heterocycles. The lowest BCUT2D eigenvalue weighted by Gasteiger charge is -2.05. The molecular weight excluding hydrogens is 190 g/mol. The normalized spacial score (nSPS) is 9.08. The lowest BCUT2D eigenvalue weighted by atomic mass is 10.2. The number of methoxy groups -OCH3 is 1. The van der Waals surface area contributed by atoms with E-state index >= 15 is 0 Å². The van der Waals surface area contributed by atoms with Crippen molar-refractivity contribution in [1.29, 1.82) is 0 Å². The molecule has 2 N–H and O–H groups in total. The van der Waals surface area contributed by atoms with Gasteiger partial charge in [0.15, 0.2) is 11.5 Å². The fraction of sp³-hybridized carbons (Fsp3) is 0.333. The molecule has 0 heterocycles. The van der Waals surface area contributed by atoms with E-state index in [0.717, 1.165) is 12.1 Å². The Labute approximate surface area is 84.1 Å². The molecule has 0 saturated heterocycles. The van der Waals surface area contributed by atoms with E-state index in [-0.39, 0.29) is 18.2 Å². The van der Waals surface area contributed by atoms with Crippen molar-refractivity contribution in [2.45, 2.75) is 6.54 Å².